The predicted molar refractivity (Wildman–Crippen MR) is 61.8 cm³/mol. The maximum atomic E-state index is 11.1. The first-order valence-electron chi connectivity index (χ1n) is 4.39. The number of hydrogen-bond donors (Lipinski definition) is 1. The summed E-state index contributed by atoms with van der Waals surface area (Å²) in [7, 11) is 0.445. The third kappa shape index (κ3) is 3.86. The van der Waals surface area contributed by atoms with Crippen LogP contribution in [0.5, 0.6) is 5.75 Å². The number of carbonyl (C=O) groups excluding carboxylic acids is 1. The molecule has 0 heterocycles. The van der Waals surface area contributed by atoms with Crippen molar-refractivity contribution in [1.29, 1.82) is 0 Å². The summed E-state index contributed by atoms with van der Waals surface area (Å²) >= 11 is 0. The Morgan fingerprint density at radius 3 is 2.61 bits per heavy atom. The van der Waals surface area contributed by atoms with Gasteiger partial charge in [0.25, 0.3) is 0 Å². The number of carbonyl (C=O) groups is 1. The van der Waals surface area contributed by atoms with Crippen LogP contribution >= 0.6 is 10.7 Å². The Morgan fingerprint density at radius 2 is 2.11 bits per heavy atom. The van der Waals surface area contributed by atoms with Gasteiger partial charge in [0.05, 0.1) is 4.92 Å². The summed E-state index contributed by atoms with van der Waals surface area (Å²) in [5.41, 5.74) is -0.168. The van der Waals surface area contributed by atoms with Gasteiger partial charge in [-0.25, -0.2) is 9.52 Å². The van der Waals surface area contributed by atoms with Gasteiger partial charge in [-0.15, -0.1) is 0 Å². The number of rotatable bonds is 3. The fraction of sp³-hybridized carbons (Fsp3) is 0.125. The third-order valence-corrected chi connectivity index (χ3v) is 2.43. The number of para-hydroxylation sites is 1. The monoisotopic (exact) mass is 294 g/mol. The SMILES string of the molecule is Cc1cccc(OC(=O)NS(=O)(=O)Cl)c1[N+](=O)[O-]. The molecule has 0 fully saturated rings. The molecule has 0 atom stereocenters. The Morgan fingerprint density at radius 1 is 1.50 bits per heavy atom. The van der Waals surface area contributed by atoms with Crippen molar-refractivity contribution in [2.75, 3.05) is 0 Å². The summed E-state index contributed by atoms with van der Waals surface area (Å²) in [5.74, 6) is -0.377. The maximum absolute atomic E-state index is 11.1. The zero-order valence-electron chi connectivity index (χ0n) is 8.91. The molecule has 18 heavy (non-hydrogen) atoms. The lowest BCUT2D eigenvalue weighted by atomic mass is 10.2. The van der Waals surface area contributed by atoms with Gasteiger partial charge in [-0.3, -0.25) is 10.1 Å². The molecule has 98 valence electrons. The van der Waals surface area contributed by atoms with Crippen LogP contribution in [0.25, 0.3) is 0 Å². The van der Waals surface area contributed by atoms with Gasteiger partial charge in [0, 0.05) is 16.2 Å². The van der Waals surface area contributed by atoms with E-state index < -0.39 is 25.9 Å². The van der Waals surface area contributed by atoms with E-state index in [4.69, 9.17) is 10.7 Å². The molecule has 1 aromatic carbocycles. The predicted octanol–water partition coefficient (Wildman–Crippen LogP) is 1.48. The average molecular weight is 295 g/mol. The molecule has 1 N–H and O–H groups in total. The Hall–Kier alpha value is -1.87. The highest BCUT2D eigenvalue weighted by molar-refractivity contribution is 8.12. The van der Waals surface area contributed by atoms with Gasteiger partial charge in [-0.2, -0.15) is 8.42 Å². The molecule has 1 rings (SSSR count). The number of benzene rings is 1. The normalized spacial score (nSPS) is 10.8. The molecule has 0 saturated carbocycles. The molecule has 10 heteroatoms. The molecule has 0 unspecified atom stereocenters. The summed E-state index contributed by atoms with van der Waals surface area (Å²) in [6.45, 7) is 1.45. The molecule has 0 bridgehead atoms. The van der Waals surface area contributed by atoms with E-state index in [1.54, 1.807) is 0 Å². The molecule has 0 saturated heterocycles. The van der Waals surface area contributed by atoms with Crippen LogP contribution in [0.4, 0.5) is 10.5 Å². The summed E-state index contributed by atoms with van der Waals surface area (Å²) in [5, 5.41) is 10.8. The third-order valence-electron chi connectivity index (χ3n) is 1.79. The highest BCUT2D eigenvalue weighted by atomic mass is 35.7. The molecular formula is C8H7ClN2O6S. The largest absolute Gasteiger partial charge is 0.427 e. The van der Waals surface area contributed by atoms with Gasteiger partial charge in [0.1, 0.15) is 0 Å². The lowest BCUT2D eigenvalue weighted by Crippen LogP contribution is -2.29. The van der Waals surface area contributed by atoms with E-state index in [0.29, 0.717) is 0 Å². The fourth-order valence-corrected chi connectivity index (χ4v) is 1.60. The second kappa shape index (κ2) is 5.19. The van der Waals surface area contributed by atoms with Crippen molar-refractivity contribution >= 4 is 31.7 Å². The van der Waals surface area contributed by atoms with Crippen molar-refractivity contribution in [1.82, 2.24) is 4.72 Å². The first kappa shape index (κ1) is 14.2. The number of ether oxygens (including phenoxy) is 1. The molecule has 0 radical (unpaired) electrons. The lowest BCUT2D eigenvalue weighted by molar-refractivity contribution is -0.386. The number of nitro groups is 1. The first-order chi connectivity index (χ1) is 8.20. The number of aryl methyl sites for hydroxylation is 1. The van der Waals surface area contributed by atoms with E-state index >= 15 is 0 Å². The zero-order chi connectivity index (χ0) is 13.9. The Balaban J connectivity index is 3.02. The van der Waals surface area contributed by atoms with Crippen LogP contribution in [0.1, 0.15) is 5.56 Å². The van der Waals surface area contributed by atoms with Crippen LogP contribution in [0, 0.1) is 17.0 Å². The standard InChI is InChI=1S/C8H7ClN2O6S/c1-5-3-2-4-6(7(5)11(13)14)17-8(12)10-18(9,15)16/h2-4H,1H3,(H,10,12). The number of hydrogen-bond acceptors (Lipinski definition) is 6. The molecule has 0 aliphatic heterocycles. The smallest absolute Gasteiger partial charge is 0.402 e. The molecule has 0 aliphatic rings. The molecule has 0 aliphatic carbocycles. The Labute approximate surface area is 106 Å². The second-order valence-electron chi connectivity index (χ2n) is 3.11. The Bertz CT molecular complexity index is 600. The number of nitrogens with zero attached hydrogens (tertiary/aromatic N) is 1. The highest BCUT2D eigenvalue weighted by Gasteiger charge is 2.22. The van der Waals surface area contributed by atoms with E-state index in [1.807, 2.05) is 0 Å². The topological polar surface area (TPSA) is 116 Å². The van der Waals surface area contributed by atoms with Crippen molar-refractivity contribution in [3.8, 4) is 5.75 Å². The van der Waals surface area contributed by atoms with Gasteiger partial charge in [-0.05, 0) is 13.0 Å². The van der Waals surface area contributed by atoms with Gasteiger partial charge >= 0.3 is 21.0 Å². The fourth-order valence-electron chi connectivity index (χ4n) is 1.17. The molecule has 1 amide bonds. The van der Waals surface area contributed by atoms with E-state index in [1.165, 1.54) is 23.8 Å². The average Bonchev–Trinajstić information content (AvgIpc) is 2.13. The van der Waals surface area contributed by atoms with Crippen LogP contribution < -0.4 is 9.46 Å². The van der Waals surface area contributed by atoms with Crippen LogP contribution in [0.15, 0.2) is 18.2 Å². The number of amides is 1. The van der Waals surface area contributed by atoms with Gasteiger partial charge in [-0.1, -0.05) is 12.1 Å². The maximum Gasteiger partial charge on any atom is 0.427 e. The van der Waals surface area contributed by atoms with Crippen molar-refractivity contribution in [3.63, 3.8) is 0 Å². The van der Waals surface area contributed by atoms with Crippen LogP contribution in [-0.4, -0.2) is 19.4 Å². The van der Waals surface area contributed by atoms with Crippen molar-refractivity contribution in [2.45, 2.75) is 6.92 Å². The highest BCUT2D eigenvalue weighted by Crippen LogP contribution is 2.30. The minimum absolute atomic E-state index is 0.263. The summed E-state index contributed by atoms with van der Waals surface area (Å²) < 4.78 is 26.9. The number of nitro benzene ring substituents is 1. The quantitative estimate of drug-likeness (QED) is 0.513. The summed E-state index contributed by atoms with van der Waals surface area (Å²) in [4.78, 5) is 21.1. The first-order valence-corrected chi connectivity index (χ1v) is 6.70. The van der Waals surface area contributed by atoms with Crippen molar-refractivity contribution in [3.05, 3.63) is 33.9 Å². The summed E-state index contributed by atoms with van der Waals surface area (Å²) in [6.07, 6.45) is -1.43. The zero-order valence-corrected chi connectivity index (χ0v) is 10.5. The molecular weight excluding hydrogens is 288 g/mol. The Kier molecular flexibility index (Phi) is 4.09. The number of nitrogens with one attached hydrogen (secondary N) is 1. The van der Waals surface area contributed by atoms with Gasteiger partial charge in [0.2, 0.25) is 5.75 Å². The van der Waals surface area contributed by atoms with Crippen LogP contribution in [-0.2, 0) is 9.24 Å². The second-order valence-corrected chi connectivity index (χ2v) is 5.41. The van der Waals surface area contributed by atoms with Crippen LogP contribution in [0.2, 0.25) is 0 Å². The minimum Gasteiger partial charge on any atom is -0.402 e. The van der Waals surface area contributed by atoms with Crippen molar-refractivity contribution in [2.24, 2.45) is 0 Å². The van der Waals surface area contributed by atoms with Crippen LogP contribution in [0.3, 0.4) is 0 Å². The minimum atomic E-state index is -4.31. The number of halogens is 1. The molecule has 0 spiro atoms. The van der Waals surface area contributed by atoms with E-state index in [0.717, 1.165) is 6.07 Å². The van der Waals surface area contributed by atoms with Crippen molar-refractivity contribution < 1.29 is 22.9 Å². The van der Waals surface area contributed by atoms with Gasteiger partial charge in [0.15, 0.2) is 0 Å². The van der Waals surface area contributed by atoms with E-state index in [9.17, 15) is 23.3 Å². The lowest BCUT2D eigenvalue weighted by Gasteiger charge is -2.05. The summed E-state index contributed by atoms with van der Waals surface area (Å²) in [6, 6.07) is 4.02. The van der Waals surface area contributed by atoms with Gasteiger partial charge < -0.3 is 4.74 Å². The molecule has 8 nitrogen and oxygen atoms in total. The molecule has 0 aromatic heterocycles. The van der Waals surface area contributed by atoms with E-state index in [2.05, 4.69) is 4.74 Å². The van der Waals surface area contributed by atoms with E-state index in [-0.39, 0.29) is 11.3 Å². The molecule has 1 aromatic rings.